The Hall–Kier alpha value is -3.99. The molecule has 1 aliphatic heterocycles. The largest absolute Gasteiger partial charge is 0.497 e. The Balaban J connectivity index is 0.000000534. The highest BCUT2D eigenvalue weighted by Crippen LogP contribution is 2.17. The van der Waals surface area contributed by atoms with E-state index in [1.165, 1.54) is 12.1 Å². The van der Waals surface area contributed by atoms with E-state index in [0.29, 0.717) is 24.4 Å². The van der Waals surface area contributed by atoms with Crippen molar-refractivity contribution in [3.8, 4) is 5.75 Å². The van der Waals surface area contributed by atoms with Crippen LogP contribution >= 0.6 is 0 Å². The molecular weight excluding hydrogens is 422 g/mol. The summed E-state index contributed by atoms with van der Waals surface area (Å²) in [6, 6.07) is 13.8. The second-order valence-electron chi connectivity index (χ2n) is 6.83. The van der Waals surface area contributed by atoms with E-state index in [-0.39, 0.29) is 11.6 Å². The molecule has 170 valence electrons. The third-order valence-electron chi connectivity index (χ3n) is 4.71. The van der Waals surface area contributed by atoms with Crippen LogP contribution in [0.15, 0.2) is 48.5 Å². The minimum absolute atomic E-state index is 0.0129. The van der Waals surface area contributed by atoms with Crippen LogP contribution in [-0.2, 0) is 16.1 Å². The maximum atomic E-state index is 12.6. The molecule has 1 heterocycles. The molecule has 2 aromatic carbocycles. The van der Waals surface area contributed by atoms with Crippen molar-refractivity contribution in [3.05, 3.63) is 69.8 Å². The monoisotopic (exact) mass is 445 g/mol. The van der Waals surface area contributed by atoms with Gasteiger partial charge in [-0.2, -0.15) is 0 Å². The normalized spacial score (nSPS) is 13.5. The molecule has 0 atom stereocenters. The van der Waals surface area contributed by atoms with Crippen molar-refractivity contribution in [1.82, 2.24) is 9.80 Å². The third-order valence-corrected chi connectivity index (χ3v) is 4.71. The molecule has 0 bridgehead atoms. The lowest BCUT2D eigenvalue weighted by Gasteiger charge is -2.34. The number of amides is 1. The number of nitro groups is 1. The fourth-order valence-corrected chi connectivity index (χ4v) is 3.03. The Labute approximate surface area is 183 Å². The molecule has 0 aliphatic carbocycles. The van der Waals surface area contributed by atoms with Crippen LogP contribution in [0.2, 0.25) is 0 Å². The van der Waals surface area contributed by atoms with Gasteiger partial charge in [-0.15, -0.1) is 0 Å². The van der Waals surface area contributed by atoms with Crippen molar-refractivity contribution < 1.29 is 34.3 Å². The van der Waals surface area contributed by atoms with E-state index in [1.807, 2.05) is 17.0 Å². The van der Waals surface area contributed by atoms with Gasteiger partial charge in [0.05, 0.1) is 12.0 Å². The molecular formula is C21H23N3O8. The summed E-state index contributed by atoms with van der Waals surface area (Å²) in [4.78, 5) is 45.2. The number of benzene rings is 2. The first-order chi connectivity index (χ1) is 15.2. The summed E-state index contributed by atoms with van der Waals surface area (Å²) in [5, 5.41) is 25.5. The van der Waals surface area contributed by atoms with Crippen LogP contribution in [0.5, 0.6) is 5.75 Å². The van der Waals surface area contributed by atoms with Crippen molar-refractivity contribution in [2.24, 2.45) is 0 Å². The van der Waals surface area contributed by atoms with Crippen LogP contribution in [0.25, 0.3) is 0 Å². The number of carboxylic acid groups (broad SMARTS) is 2. The minimum atomic E-state index is -1.82. The SMILES string of the molecule is COc1cccc(C(=O)N2CCN(Cc3ccc([N+](=O)[O-])cc3)CC2)c1.O=C(O)C(=O)O. The predicted octanol–water partition coefficient (Wildman–Crippen LogP) is 1.72. The van der Waals surface area contributed by atoms with Gasteiger partial charge in [0.1, 0.15) is 5.75 Å². The quantitative estimate of drug-likeness (QED) is 0.398. The maximum absolute atomic E-state index is 12.6. The van der Waals surface area contributed by atoms with Gasteiger partial charge in [0.15, 0.2) is 0 Å². The zero-order valence-corrected chi connectivity index (χ0v) is 17.3. The van der Waals surface area contributed by atoms with Crippen molar-refractivity contribution >= 4 is 23.5 Å². The van der Waals surface area contributed by atoms with Crippen LogP contribution < -0.4 is 4.74 Å². The number of aliphatic carboxylic acids is 2. The average Bonchev–Trinajstić information content (AvgIpc) is 2.80. The number of ether oxygens (including phenoxy) is 1. The summed E-state index contributed by atoms with van der Waals surface area (Å²) in [6.45, 7) is 3.57. The van der Waals surface area contributed by atoms with E-state index in [9.17, 15) is 14.9 Å². The second kappa shape index (κ2) is 11.4. The van der Waals surface area contributed by atoms with Gasteiger partial charge >= 0.3 is 11.9 Å². The molecule has 0 spiro atoms. The van der Waals surface area contributed by atoms with E-state index in [1.54, 1.807) is 31.4 Å². The molecule has 11 heteroatoms. The van der Waals surface area contributed by atoms with Gasteiger partial charge in [0, 0.05) is 50.4 Å². The van der Waals surface area contributed by atoms with Gasteiger partial charge in [-0.1, -0.05) is 18.2 Å². The van der Waals surface area contributed by atoms with Crippen molar-refractivity contribution in [3.63, 3.8) is 0 Å². The lowest BCUT2D eigenvalue weighted by Crippen LogP contribution is -2.48. The molecule has 2 aromatic rings. The van der Waals surface area contributed by atoms with Crippen molar-refractivity contribution in [2.75, 3.05) is 33.3 Å². The smallest absolute Gasteiger partial charge is 0.414 e. The summed E-state index contributed by atoms with van der Waals surface area (Å²) in [7, 11) is 1.58. The van der Waals surface area contributed by atoms with Gasteiger partial charge in [-0.05, 0) is 23.8 Å². The molecule has 11 nitrogen and oxygen atoms in total. The summed E-state index contributed by atoms with van der Waals surface area (Å²) in [6.07, 6.45) is 0. The number of methoxy groups -OCH3 is 1. The average molecular weight is 445 g/mol. The number of hydrogen-bond donors (Lipinski definition) is 2. The second-order valence-corrected chi connectivity index (χ2v) is 6.83. The maximum Gasteiger partial charge on any atom is 0.414 e. The van der Waals surface area contributed by atoms with Crippen LogP contribution in [0, 0.1) is 10.1 Å². The summed E-state index contributed by atoms with van der Waals surface area (Å²) in [5.41, 5.74) is 1.76. The van der Waals surface area contributed by atoms with Gasteiger partial charge in [0.25, 0.3) is 11.6 Å². The number of piperazine rings is 1. The number of hydrogen-bond acceptors (Lipinski definition) is 7. The highest BCUT2D eigenvalue weighted by molar-refractivity contribution is 6.27. The predicted molar refractivity (Wildman–Crippen MR) is 113 cm³/mol. The fraction of sp³-hybridized carbons (Fsp3) is 0.286. The van der Waals surface area contributed by atoms with Gasteiger partial charge in [0.2, 0.25) is 0 Å². The first-order valence-electron chi connectivity index (χ1n) is 9.56. The van der Waals surface area contributed by atoms with E-state index < -0.39 is 16.9 Å². The topological polar surface area (TPSA) is 151 Å². The minimum Gasteiger partial charge on any atom is -0.497 e. The molecule has 1 amide bonds. The number of nitrogens with zero attached hydrogens (tertiary/aromatic N) is 3. The van der Waals surface area contributed by atoms with E-state index >= 15 is 0 Å². The number of carbonyl (C=O) groups is 3. The molecule has 3 rings (SSSR count). The molecule has 32 heavy (non-hydrogen) atoms. The first-order valence-corrected chi connectivity index (χ1v) is 9.56. The van der Waals surface area contributed by atoms with Crippen LogP contribution in [0.4, 0.5) is 5.69 Å². The summed E-state index contributed by atoms with van der Waals surface area (Å²) < 4.78 is 5.18. The Morgan fingerprint density at radius 3 is 2.09 bits per heavy atom. The van der Waals surface area contributed by atoms with E-state index in [0.717, 1.165) is 25.2 Å². The van der Waals surface area contributed by atoms with Gasteiger partial charge < -0.3 is 19.8 Å². The first kappa shape index (κ1) is 24.3. The van der Waals surface area contributed by atoms with Crippen LogP contribution in [-0.4, -0.2) is 76.1 Å². The number of nitro benzene ring substituents is 1. The van der Waals surface area contributed by atoms with E-state index in [2.05, 4.69) is 4.90 Å². The fourth-order valence-electron chi connectivity index (χ4n) is 3.03. The highest BCUT2D eigenvalue weighted by atomic mass is 16.6. The molecule has 0 aromatic heterocycles. The summed E-state index contributed by atoms with van der Waals surface area (Å²) in [5.74, 6) is -2.96. The Bertz CT molecular complexity index is 957. The van der Waals surface area contributed by atoms with Gasteiger partial charge in [-0.25, -0.2) is 9.59 Å². The highest BCUT2D eigenvalue weighted by Gasteiger charge is 2.22. The molecule has 0 unspecified atom stereocenters. The molecule has 2 N–H and O–H groups in total. The Morgan fingerprint density at radius 2 is 1.59 bits per heavy atom. The third kappa shape index (κ3) is 7.06. The molecule has 1 saturated heterocycles. The lowest BCUT2D eigenvalue weighted by molar-refractivity contribution is -0.384. The number of carboxylic acids is 2. The van der Waals surface area contributed by atoms with Crippen molar-refractivity contribution in [1.29, 1.82) is 0 Å². The van der Waals surface area contributed by atoms with E-state index in [4.69, 9.17) is 24.5 Å². The Kier molecular flexibility index (Phi) is 8.66. The van der Waals surface area contributed by atoms with Gasteiger partial charge in [-0.3, -0.25) is 19.8 Å². The van der Waals surface area contributed by atoms with Crippen LogP contribution in [0.1, 0.15) is 15.9 Å². The lowest BCUT2D eigenvalue weighted by atomic mass is 10.1. The molecule has 0 radical (unpaired) electrons. The van der Waals surface area contributed by atoms with Crippen molar-refractivity contribution in [2.45, 2.75) is 6.54 Å². The number of rotatable bonds is 5. The molecule has 0 saturated carbocycles. The zero-order valence-electron chi connectivity index (χ0n) is 17.3. The molecule has 1 fully saturated rings. The van der Waals surface area contributed by atoms with Crippen LogP contribution in [0.3, 0.4) is 0 Å². The number of non-ortho nitro benzene ring substituents is 1. The Morgan fingerprint density at radius 1 is 1.00 bits per heavy atom. The summed E-state index contributed by atoms with van der Waals surface area (Å²) >= 11 is 0. The standard InChI is InChI=1S/C19H21N3O4.C2H2O4/c1-26-18-4-2-3-16(13-18)19(23)21-11-9-20(10-12-21)14-15-5-7-17(8-6-15)22(24)25;3-1(4)2(5)6/h2-8,13H,9-12,14H2,1H3;(H,3,4)(H,5,6). The number of carbonyl (C=O) groups excluding carboxylic acids is 1. The zero-order chi connectivity index (χ0) is 23.7. The molecule has 1 aliphatic rings.